The van der Waals surface area contributed by atoms with Gasteiger partial charge in [-0.15, -0.1) is 0 Å². The number of hydrogen-bond acceptors (Lipinski definition) is 4. The summed E-state index contributed by atoms with van der Waals surface area (Å²) in [6.07, 6.45) is -9.38. The van der Waals surface area contributed by atoms with E-state index in [-0.39, 0.29) is 22.9 Å². The number of rotatable bonds is 4. The van der Waals surface area contributed by atoms with Gasteiger partial charge >= 0.3 is 12.4 Å². The topological polar surface area (TPSA) is 70.5 Å². The Balaban J connectivity index is 1.89. The minimum absolute atomic E-state index is 0.0356. The molecule has 0 unspecified atom stereocenters. The van der Waals surface area contributed by atoms with E-state index in [9.17, 15) is 26.3 Å². The van der Waals surface area contributed by atoms with Crippen LogP contribution in [0.5, 0.6) is 23.0 Å². The molecule has 164 valence electrons. The Kier molecular flexibility index (Phi) is 5.66. The van der Waals surface area contributed by atoms with Gasteiger partial charge < -0.3 is 20.9 Å². The van der Waals surface area contributed by atoms with E-state index in [0.717, 1.165) is 24.3 Å². The number of aryl methyl sites for hydroxylation is 1. The Morgan fingerprint density at radius 2 is 1.06 bits per heavy atom. The quantitative estimate of drug-likeness (QED) is 0.345. The molecule has 3 rings (SSSR count). The molecule has 10 heteroatoms. The predicted octanol–water partition coefficient (Wildman–Crippen LogP) is 6.78. The first-order chi connectivity index (χ1) is 14.3. The van der Waals surface area contributed by atoms with Gasteiger partial charge in [0.25, 0.3) is 0 Å². The molecule has 0 aliphatic heterocycles. The number of anilines is 2. The lowest BCUT2D eigenvalue weighted by Crippen LogP contribution is -2.08. The Hall–Kier alpha value is -3.56. The van der Waals surface area contributed by atoms with E-state index in [0.29, 0.717) is 5.56 Å². The minimum Gasteiger partial charge on any atom is -0.457 e. The number of nitrogens with two attached hydrogens (primary N) is 2. The second kappa shape index (κ2) is 7.93. The zero-order valence-corrected chi connectivity index (χ0v) is 15.9. The lowest BCUT2D eigenvalue weighted by molar-refractivity contribution is -0.139. The van der Waals surface area contributed by atoms with Crippen molar-refractivity contribution in [3.8, 4) is 23.0 Å². The lowest BCUT2D eigenvalue weighted by atomic mass is 10.1. The van der Waals surface area contributed by atoms with E-state index < -0.39 is 35.0 Å². The largest absolute Gasteiger partial charge is 0.457 e. The monoisotopic (exact) mass is 442 g/mol. The molecule has 0 fully saturated rings. The molecule has 0 spiro atoms. The summed E-state index contributed by atoms with van der Waals surface area (Å²) in [6.45, 7) is 1.51. The van der Waals surface area contributed by atoms with Crippen LogP contribution in [0.1, 0.15) is 16.7 Å². The molecule has 3 aromatic rings. The average Bonchev–Trinajstić information content (AvgIpc) is 2.65. The van der Waals surface area contributed by atoms with E-state index in [1.165, 1.54) is 37.3 Å². The van der Waals surface area contributed by atoms with Crippen LogP contribution in [-0.2, 0) is 12.4 Å². The molecule has 0 aliphatic rings. The summed E-state index contributed by atoms with van der Waals surface area (Å²) in [6, 6.07) is 10.1. The molecule has 4 nitrogen and oxygen atoms in total. The first-order valence-corrected chi connectivity index (χ1v) is 8.74. The molecule has 0 saturated carbocycles. The van der Waals surface area contributed by atoms with Gasteiger partial charge in [0.15, 0.2) is 0 Å². The molecule has 0 saturated heterocycles. The summed E-state index contributed by atoms with van der Waals surface area (Å²) in [5, 5.41) is 0. The summed E-state index contributed by atoms with van der Waals surface area (Å²) in [4.78, 5) is 0. The smallest absolute Gasteiger partial charge is 0.420 e. The van der Waals surface area contributed by atoms with Crippen LogP contribution >= 0.6 is 0 Å². The third-order valence-corrected chi connectivity index (χ3v) is 4.21. The van der Waals surface area contributed by atoms with Gasteiger partial charge in [-0.2, -0.15) is 26.3 Å². The molecule has 3 aromatic carbocycles. The van der Waals surface area contributed by atoms with Gasteiger partial charge in [-0.25, -0.2) is 0 Å². The Labute approximate surface area is 173 Å². The van der Waals surface area contributed by atoms with E-state index in [4.69, 9.17) is 20.9 Å². The molecule has 31 heavy (non-hydrogen) atoms. The summed E-state index contributed by atoms with van der Waals surface area (Å²) in [7, 11) is 0. The number of nitrogen functional groups attached to an aromatic ring is 2. The van der Waals surface area contributed by atoms with E-state index in [1.54, 1.807) is 0 Å². The maximum atomic E-state index is 13.2. The van der Waals surface area contributed by atoms with Crippen molar-refractivity contribution < 1.29 is 35.8 Å². The molecule has 0 aromatic heterocycles. The van der Waals surface area contributed by atoms with Crippen LogP contribution < -0.4 is 20.9 Å². The van der Waals surface area contributed by atoms with Crippen molar-refractivity contribution in [1.82, 2.24) is 0 Å². The first kappa shape index (κ1) is 22.1. The molecule has 4 N–H and O–H groups in total. The average molecular weight is 442 g/mol. The maximum absolute atomic E-state index is 13.2. The second-order valence-electron chi connectivity index (χ2n) is 6.64. The normalized spacial score (nSPS) is 12.0. The van der Waals surface area contributed by atoms with Crippen molar-refractivity contribution in [3.05, 3.63) is 71.3 Å². The van der Waals surface area contributed by atoms with Gasteiger partial charge in [0.1, 0.15) is 34.1 Å². The Morgan fingerprint density at radius 3 is 1.52 bits per heavy atom. The predicted molar refractivity (Wildman–Crippen MR) is 103 cm³/mol. The molecule has 0 bridgehead atoms. The molecular weight excluding hydrogens is 426 g/mol. The standard InChI is InChI=1S/C21H16F6N2O2/c1-11-8-14(30-18-5-2-12(28)9-15(18)20(22,23)24)4-7-17(11)31-19-6-3-13(29)10-16(19)21(25,26)27/h2-10H,28-29H2,1H3. The van der Waals surface area contributed by atoms with Crippen molar-refractivity contribution >= 4 is 11.4 Å². The van der Waals surface area contributed by atoms with Gasteiger partial charge in [0.05, 0.1) is 0 Å². The van der Waals surface area contributed by atoms with Crippen LogP contribution in [0.2, 0.25) is 0 Å². The van der Waals surface area contributed by atoms with Crippen molar-refractivity contribution in [2.75, 3.05) is 11.5 Å². The third-order valence-electron chi connectivity index (χ3n) is 4.21. The van der Waals surface area contributed by atoms with Gasteiger partial charge in [0, 0.05) is 11.4 Å². The van der Waals surface area contributed by atoms with Crippen LogP contribution in [0.4, 0.5) is 37.7 Å². The zero-order chi connectivity index (χ0) is 23.0. The molecule has 0 atom stereocenters. The second-order valence-corrected chi connectivity index (χ2v) is 6.64. The van der Waals surface area contributed by atoms with Crippen molar-refractivity contribution in [3.63, 3.8) is 0 Å². The highest BCUT2D eigenvalue weighted by Crippen LogP contribution is 2.42. The summed E-state index contributed by atoms with van der Waals surface area (Å²) >= 11 is 0. The summed E-state index contributed by atoms with van der Waals surface area (Å²) in [5.41, 5.74) is 8.93. The number of benzene rings is 3. The first-order valence-electron chi connectivity index (χ1n) is 8.74. The Morgan fingerprint density at radius 1 is 0.613 bits per heavy atom. The highest BCUT2D eigenvalue weighted by atomic mass is 19.4. The maximum Gasteiger partial charge on any atom is 0.420 e. The van der Waals surface area contributed by atoms with Crippen LogP contribution in [-0.4, -0.2) is 0 Å². The van der Waals surface area contributed by atoms with Crippen LogP contribution in [0, 0.1) is 6.92 Å². The van der Waals surface area contributed by atoms with Gasteiger partial charge in [-0.05, 0) is 67.1 Å². The van der Waals surface area contributed by atoms with Crippen molar-refractivity contribution in [1.29, 1.82) is 0 Å². The van der Waals surface area contributed by atoms with Gasteiger partial charge in [-0.1, -0.05) is 0 Å². The van der Waals surface area contributed by atoms with E-state index >= 15 is 0 Å². The SMILES string of the molecule is Cc1cc(Oc2ccc(N)cc2C(F)(F)F)ccc1Oc1ccc(N)cc1C(F)(F)F. The fourth-order valence-electron chi connectivity index (χ4n) is 2.76. The van der Waals surface area contributed by atoms with Gasteiger partial charge in [0.2, 0.25) is 0 Å². The molecule has 0 amide bonds. The van der Waals surface area contributed by atoms with E-state index in [2.05, 4.69) is 0 Å². The highest BCUT2D eigenvalue weighted by Gasteiger charge is 2.36. The number of ether oxygens (including phenoxy) is 2. The zero-order valence-electron chi connectivity index (χ0n) is 15.9. The summed E-state index contributed by atoms with van der Waals surface area (Å²) in [5.74, 6) is -0.825. The highest BCUT2D eigenvalue weighted by molar-refractivity contribution is 5.53. The number of alkyl halides is 6. The van der Waals surface area contributed by atoms with Crippen LogP contribution in [0.25, 0.3) is 0 Å². The van der Waals surface area contributed by atoms with E-state index in [1.807, 2.05) is 0 Å². The molecule has 0 aliphatic carbocycles. The number of halogens is 6. The number of hydrogen-bond donors (Lipinski definition) is 2. The van der Waals surface area contributed by atoms with Gasteiger partial charge in [-0.3, -0.25) is 0 Å². The molecular formula is C21H16F6N2O2. The van der Waals surface area contributed by atoms with Crippen molar-refractivity contribution in [2.24, 2.45) is 0 Å². The Bertz CT molecular complexity index is 1110. The minimum atomic E-state index is -4.69. The van der Waals surface area contributed by atoms with Crippen LogP contribution in [0.15, 0.2) is 54.6 Å². The van der Waals surface area contributed by atoms with Crippen LogP contribution in [0.3, 0.4) is 0 Å². The molecule has 0 heterocycles. The molecule has 0 radical (unpaired) electrons. The fraction of sp³-hybridized carbons (Fsp3) is 0.143. The third kappa shape index (κ3) is 5.14. The summed E-state index contributed by atoms with van der Waals surface area (Å²) < 4.78 is 90.1. The lowest BCUT2D eigenvalue weighted by Gasteiger charge is -2.17. The fourth-order valence-corrected chi connectivity index (χ4v) is 2.76. The van der Waals surface area contributed by atoms with Crippen molar-refractivity contribution in [2.45, 2.75) is 19.3 Å².